The van der Waals surface area contributed by atoms with Crippen molar-refractivity contribution in [1.29, 1.82) is 0 Å². The highest BCUT2D eigenvalue weighted by Gasteiger charge is 2.34. The molecule has 0 radical (unpaired) electrons. The predicted molar refractivity (Wildman–Crippen MR) is 75.4 cm³/mol. The largest absolute Gasteiger partial charge is 0.491 e. The van der Waals surface area contributed by atoms with Crippen molar-refractivity contribution in [3.8, 4) is 5.75 Å². The van der Waals surface area contributed by atoms with Crippen LogP contribution in [0, 0.1) is 0 Å². The number of nitrogens with one attached hydrogen (secondary N) is 1. The Morgan fingerprint density at radius 2 is 2.11 bits per heavy atom. The highest BCUT2D eigenvalue weighted by molar-refractivity contribution is 5.80. The number of hydrogen-bond acceptors (Lipinski definition) is 4. The number of likely N-dealkylation sites (N-methyl/N-ethyl adjacent to an activating group) is 1. The Bertz CT molecular complexity index is 420. The average molecular weight is 265 g/mol. The molecular formula is C15H23NO3. The molecule has 0 amide bonds. The third-order valence-corrected chi connectivity index (χ3v) is 3.11. The van der Waals surface area contributed by atoms with Gasteiger partial charge in [-0.3, -0.25) is 0 Å². The van der Waals surface area contributed by atoms with E-state index in [-0.39, 0.29) is 12.6 Å². The van der Waals surface area contributed by atoms with Gasteiger partial charge in [0.25, 0.3) is 0 Å². The lowest BCUT2D eigenvalue weighted by atomic mass is 10.0. The van der Waals surface area contributed by atoms with Crippen LogP contribution >= 0.6 is 0 Å². The van der Waals surface area contributed by atoms with E-state index in [0.29, 0.717) is 6.61 Å². The number of carbonyl (C=O) groups is 1. The number of aryl methyl sites for hydroxylation is 1. The van der Waals surface area contributed by atoms with E-state index >= 15 is 0 Å². The molecule has 106 valence electrons. The van der Waals surface area contributed by atoms with Crippen molar-refractivity contribution in [2.45, 2.75) is 32.7 Å². The summed E-state index contributed by atoms with van der Waals surface area (Å²) in [5, 5.41) is 2.96. The molecule has 1 aromatic rings. The van der Waals surface area contributed by atoms with Crippen molar-refractivity contribution in [2.75, 3.05) is 20.3 Å². The summed E-state index contributed by atoms with van der Waals surface area (Å²) in [6.45, 7) is 6.25. The second-order valence-corrected chi connectivity index (χ2v) is 4.59. The maximum Gasteiger partial charge on any atom is 0.329 e. The molecule has 0 aliphatic carbocycles. The molecule has 4 nitrogen and oxygen atoms in total. The minimum atomic E-state index is -0.835. The molecule has 0 spiro atoms. The Morgan fingerprint density at radius 1 is 1.37 bits per heavy atom. The molecule has 0 bridgehead atoms. The van der Waals surface area contributed by atoms with Crippen LogP contribution in [0.15, 0.2) is 24.3 Å². The van der Waals surface area contributed by atoms with Crippen molar-refractivity contribution in [3.63, 3.8) is 0 Å². The molecule has 0 saturated carbocycles. The van der Waals surface area contributed by atoms with E-state index in [1.807, 2.05) is 18.2 Å². The second-order valence-electron chi connectivity index (χ2n) is 4.59. The molecule has 1 unspecified atom stereocenters. The molecular weight excluding hydrogens is 242 g/mol. The molecule has 4 heteroatoms. The second kappa shape index (κ2) is 7.14. The number of esters is 1. The number of carbonyl (C=O) groups excluding carboxylic acids is 1. The minimum absolute atomic E-state index is 0.232. The SMILES string of the molecule is CCOC(=O)C(C)(COc1cccc(CC)c1)NC. The fourth-order valence-electron chi connectivity index (χ4n) is 1.61. The molecule has 1 rings (SSSR count). The van der Waals surface area contributed by atoms with Gasteiger partial charge in [0.05, 0.1) is 6.61 Å². The summed E-state index contributed by atoms with van der Waals surface area (Å²) in [4.78, 5) is 11.9. The Hall–Kier alpha value is -1.55. The molecule has 0 aromatic heterocycles. The van der Waals surface area contributed by atoms with Gasteiger partial charge >= 0.3 is 5.97 Å². The molecule has 0 fully saturated rings. The number of benzene rings is 1. The summed E-state index contributed by atoms with van der Waals surface area (Å²) < 4.78 is 10.8. The van der Waals surface area contributed by atoms with Crippen LogP contribution in [0.3, 0.4) is 0 Å². The van der Waals surface area contributed by atoms with Crippen LogP contribution in [0.1, 0.15) is 26.3 Å². The summed E-state index contributed by atoms with van der Waals surface area (Å²) >= 11 is 0. The van der Waals surface area contributed by atoms with Gasteiger partial charge in [-0.2, -0.15) is 0 Å². The van der Waals surface area contributed by atoms with Gasteiger partial charge in [-0.1, -0.05) is 19.1 Å². The van der Waals surface area contributed by atoms with E-state index in [9.17, 15) is 4.79 Å². The zero-order valence-corrected chi connectivity index (χ0v) is 12.2. The van der Waals surface area contributed by atoms with Gasteiger partial charge in [-0.15, -0.1) is 0 Å². The Morgan fingerprint density at radius 3 is 2.68 bits per heavy atom. The number of ether oxygens (including phenoxy) is 2. The van der Waals surface area contributed by atoms with E-state index in [4.69, 9.17) is 9.47 Å². The van der Waals surface area contributed by atoms with E-state index in [0.717, 1.165) is 12.2 Å². The van der Waals surface area contributed by atoms with Crippen LogP contribution in [0.4, 0.5) is 0 Å². The fraction of sp³-hybridized carbons (Fsp3) is 0.533. The third kappa shape index (κ3) is 4.24. The summed E-state index contributed by atoms with van der Waals surface area (Å²) in [5.74, 6) is 0.467. The zero-order chi connectivity index (χ0) is 14.3. The van der Waals surface area contributed by atoms with Crippen molar-refractivity contribution < 1.29 is 14.3 Å². The van der Waals surface area contributed by atoms with Gasteiger partial charge in [0, 0.05) is 0 Å². The maximum atomic E-state index is 11.9. The topological polar surface area (TPSA) is 47.6 Å². The van der Waals surface area contributed by atoms with Crippen LogP contribution in [0.2, 0.25) is 0 Å². The summed E-state index contributed by atoms with van der Waals surface area (Å²) in [6, 6.07) is 7.88. The van der Waals surface area contributed by atoms with Gasteiger partial charge in [0.1, 0.15) is 17.9 Å². The van der Waals surface area contributed by atoms with Crippen LogP contribution in [-0.2, 0) is 16.0 Å². The monoisotopic (exact) mass is 265 g/mol. The lowest BCUT2D eigenvalue weighted by Crippen LogP contribution is -2.53. The maximum absolute atomic E-state index is 11.9. The van der Waals surface area contributed by atoms with Gasteiger partial charge in [-0.25, -0.2) is 4.79 Å². The summed E-state index contributed by atoms with van der Waals surface area (Å²) in [7, 11) is 1.72. The highest BCUT2D eigenvalue weighted by atomic mass is 16.5. The Labute approximate surface area is 115 Å². The van der Waals surface area contributed by atoms with E-state index in [1.165, 1.54) is 5.56 Å². The first-order valence-corrected chi connectivity index (χ1v) is 6.63. The van der Waals surface area contributed by atoms with Gasteiger partial charge in [0.2, 0.25) is 0 Å². The lowest BCUT2D eigenvalue weighted by Gasteiger charge is -2.26. The van der Waals surface area contributed by atoms with Crippen LogP contribution in [-0.4, -0.2) is 31.8 Å². The molecule has 0 saturated heterocycles. The molecule has 19 heavy (non-hydrogen) atoms. The Balaban J connectivity index is 2.69. The first kappa shape index (κ1) is 15.5. The molecule has 0 aliphatic heterocycles. The number of hydrogen-bond donors (Lipinski definition) is 1. The average Bonchev–Trinajstić information content (AvgIpc) is 2.45. The van der Waals surface area contributed by atoms with Crippen molar-refractivity contribution in [3.05, 3.63) is 29.8 Å². The zero-order valence-electron chi connectivity index (χ0n) is 12.2. The van der Waals surface area contributed by atoms with Crippen LogP contribution in [0.5, 0.6) is 5.75 Å². The molecule has 1 atom stereocenters. The van der Waals surface area contributed by atoms with Crippen molar-refractivity contribution >= 4 is 5.97 Å². The smallest absolute Gasteiger partial charge is 0.329 e. The molecule has 0 heterocycles. The lowest BCUT2D eigenvalue weighted by molar-refractivity contribution is -0.151. The van der Waals surface area contributed by atoms with Gasteiger partial charge < -0.3 is 14.8 Å². The Kier molecular flexibility index (Phi) is 5.83. The standard InChI is InChI=1S/C15H23NO3/c1-5-12-8-7-9-13(10-12)19-11-15(3,16-4)14(17)18-6-2/h7-10,16H,5-6,11H2,1-4H3. The normalized spacial score (nSPS) is 13.7. The minimum Gasteiger partial charge on any atom is -0.491 e. The fourth-order valence-corrected chi connectivity index (χ4v) is 1.61. The quantitative estimate of drug-likeness (QED) is 0.768. The van der Waals surface area contributed by atoms with Crippen molar-refractivity contribution in [2.24, 2.45) is 0 Å². The summed E-state index contributed by atoms with van der Waals surface area (Å²) in [6.07, 6.45) is 0.957. The third-order valence-electron chi connectivity index (χ3n) is 3.11. The van der Waals surface area contributed by atoms with Crippen LogP contribution in [0.25, 0.3) is 0 Å². The first-order valence-electron chi connectivity index (χ1n) is 6.63. The predicted octanol–water partition coefficient (Wildman–Crippen LogP) is 2.17. The highest BCUT2D eigenvalue weighted by Crippen LogP contribution is 2.16. The van der Waals surface area contributed by atoms with Gasteiger partial charge in [-0.05, 0) is 45.0 Å². The van der Waals surface area contributed by atoms with Gasteiger partial charge in [0.15, 0.2) is 0 Å². The van der Waals surface area contributed by atoms with Crippen molar-refractivity contribution in [1.82, 2.24) is 5.32 Å². The molecule has 1 N–H and O–H groups in total. The van der Waals surface area contributed by atoms with Crippen LogP contribution < -0.4 is 10.1 Å². The van der Waals surface area contributed by atoms with E-state index in [1.54, 1.807) is 20.9 Å². The first-order chi connectivity index (χ1) is 9.05. The summed E-state index contributed by atoms with van der Waals surface area (Å²) in [5.41, 5.74) is 0.373. The molecule has 0 aliphatic rings. The van der Waals surface area contributed by atoms with E-state index < -0.39 is 5.54 Å². The number of rotatable bonds is 7. The van der Waals surface area contributed by atoms with E-state index in [2.05, 4.69) is 18.3 Å². The molecule has 1 aromatic carbocycles.